The molecular formula is C13H14BrN3O. The topological polar surface area (TPSA) is 51.0 Å². The molecule has 1 atom stereocenters. The van der Waals surface area contributed by atoms with Crippen molar-refractivity contribution in [2.75, 3.05) is 6.54 Å². The Morgan fingerprint density at radius 2 is 2.33 bits per heavy atom. The van der Waals surface area contributed by atoms with Crippen LogP contribution in [0.5, 0.6) is 0 Å². The van der Waals surface area contributed by atoms with Crippen molar-refractivity contribution in [2.45, 2.75) is 25.8 Å². The van der Waals surface area contributed by atoms with Crippen LogP contribution in [0.1, 0.15) is 30.3 Å². The van der Waals surface area contributed by atoms with Crippen LogP contribution in [-0.4, -0.2) is 16.7 Å². The number of hydrogen-bond acceptors (Lipinski definition) is 4. The van der Waals surface area contributed by atoms with Crippen LogP contribution >= 0.6 is 15.9 Å². The normalized spacial score (nSPS) is 19.3. The van der Waals surface area contributed by atoms with E-state index in [2.05, 4.69) is 38.3 Å². The van der Waals surface area contributed by atoms with Crippen LogP contribution in [0.2, 0.25) is 0 Å². The molecule has 94 valence electrons. The Labute approximate surface area is 114 Å². The van der Waals surface area contributed by atoms with Gasteiger partial charge in [0.25, 0.3) is 0 Å². The Bertz CT molecular complexity index is 561. The Morgan fingerprint density at radius 1 is 1.44 bits per heavy atom. The monoisotopic (exact) mass is 307 g/mol. The summed E-state index contributed by atoms with van der Waals surface area (Å²) in [5.41, 5.74) is 2.17. The third-order valence-corrected chi connectivity index (χ3v) is 4.08. The lowest BCUT2D eigenvalue weighted by Gasteiger charge is -2.01. The van der Waals surface area contributed by atoms with Gasteiger partial charge in [0.2, 0.25) is 11.7 Å². The summed E-state index contributed by atoms with van der Waals surface area (Å²) in [6.07, 6.45) is 2.23. The lowest BCUT2D eigenvalue weighted by molar-refractivity contribution is 0.345. The number of benzene rings is 1. The van der Waals surface area contributed by atoms with Crippen LogP contribution in [0.3, 0.4) is 0 Å². The van der Waals surface area contributed by atoms with E-state index in [1.54, 1.807) is 0 Å². The van der Waals surface area contributed by atoms with E-state index in [-0.39, 0.29) is 6.04 Å². The fraction of sp³-hybridized carbons (Fsp3) is 0.385. The SMILES string of the molecule is Cc1ccc(-c2noc([C@H]3CCCN3)n2)cc1Br. The fourth-order valence-corrected chi connectivity index (χ4v) is 2.50. The molecule has 1 N–H and O–H groups in total. The van der Waals surface area contributed by atoms with Crippen LogP contribution in [0.25, 0.3) is 11.4 Å². The van der Waals surface area contributed by atoms with Gasteiger partial charge in [0, 0.05) is 10.0 Å². The summed E-state index contributed by atoms with van der Waals surface area (Å²) >= 11 is 3.52. The fourth-order valence-electron chi connectivity index (χ4n) is 2.12. The van der Waals surface area contributed by atoms with E-state index >= 15 is 0 Å². The third-order valence-electron chi connectivity index (χ3n) is 3.23. The smallest absolute Gasteiger partial charge is 0.244 e. The van der Waals surface area contributed by atoms with E-state index in [0.717, 1.165) is 23.0 Å². The first kappa shape index (κ1) is 11.9. The van der Waals surface area contributed by atoms with Crippen molar-refractivity contribution >= 4 is 15.9 Å². The van der Waals surface area contributed by atoms with Gasteiger partial charge in [-0.15, -0.1) is 0 Å². The van der Waals surface area contributed by atoms with Crippen molar-refractivity contribution in [2.24, 2.45) is 0 Å². The molecule has 0 saturated carbocycles. The number of halogens is 1. The van der Waals surface area contributed by atoms with Gasteiger partial charge in [-0.1, -0.05) is 33.2 Å². The van der Waals surface area contributed by atoms with E-state index < -0.39 is 0 Å². The number of nitrogens with zero attached hydrogens (tertiary/aromatic N) is 2. The zero-order valence-corrected chi connectivity index (χ0v) is 11.7. The molecule has 0 unspecified atom stereocenters. The minimum absolute atomic E-state index is 0.222. The second kappa shape index (κ2) is 4.82. The number of aromatic nitrogens is 2. The molecule has 2 aromatic rings. The van der Waals surface area contributed by atoms with Crippen LogP contribution in [0.4, 0.5) is 0 Å². The molecule has 1 aromatic carbocycles. The number of hydrogen-bond donors (Lipinski definition) is 1. The number of rotatable bonds is 2. The molecule has 1 aliphatic heterocycles. The third kappa shape index (κ3) is 2.20. The van der Waals surface area contributed by atoms with Crippen LogP contribution < -0.4 is 5.32 Å². The highest BCUT2D eigenvalue weighted by Crippen LogP contribution is 2.26. The van der Waals surface area contributed by atoms with Gasteiger partial charge in [0.05, 0.1) is 6.04 Å². The molecule has 1 aliphatic rings. The lowest BCUT2D eigenvalue weighted by atomic mass is 10.1. The molecule has 1 aromatic heterocycles. The largest absolute Gasteiger partial charge is 0.337 e. The van der Waals surface area contributed by atoms with Crippen LogP contribution in [-0.2, 0) is 0 Å². The van der Waals surface area contributed by atoms with Crippen molar-refractivity contribution in [1.82, 2.24) is 15.5 Å². The Kier molecular flexibility index (Phi) is 3.18. The van der Waals surface area contributed by atoms with Gasteiger partial charge in [-0.2, -0.15) is 4.98 Å². The van der Waals surface area contributed by atoms with Gasteiger partial charge < -0.3 is 9.84 Å². The number of nitrogens with one attached hydrogen (secondary N) is 1. The van der Waals surface area contributed by atoms with Crippen LogP contribution in [0, 0.1) is 6.92 Å². The number of aryl methyl sites for hydroxylation is 1. The molecule has 0 radical (unpaired) electrons. The van der Waals surface area contributed by atoms with Crippen molar-refractivity contribution < 1.29 is 4.52 Å². The summed E-state index contributed by atoms with van der Waals surface area (Å²) in [5, 5.41) is 7.41. The molecule has 5 heteroatoms. The zero-order chi connectivity index (χ0) is 12.5. The first-order chi connectivity index (χ1) is 8.74. The summed E-state index contributed by atoms with van der Waals surface area (Å²) in [6, 6.07) is 6.30. The summed E-state index contributed by atoms with van der Waals surface area (Å²) in [6.45, 7) is 3.08. The highest BCUT2D eigenvalue weighted by atomic mass is 79.9. The minimum Gasteiger partial charge on any atom is -0.337 e. The molecule has 4 nitrogen and oxygen atoms in total. The van der Waals surface area contributed by atoms with Crippen LogP contribution in [0.15, 0.2) is 27.2 Å². The summed E-state index contributed by atoms with van der Waals surface area (Å²) < 4.78 is 6.39. The summed E-state index contributed by atoms with van der Waals surface area (Å²) in [4.78, 5) is 4.47. The highest BCUT2D eigenvalue weighted by Gasteiger charge is 2.22. The molecule has 3 rings (SSSR count). The van der Waals surface area contributed by atoms with E-state index in [0.29, 0.717) is 11.7 Å². The van der Waals surface area contributed by atoms with E-state index in [1.807, 2.05) is 18.2 Å². The first-order valence-corrected chi connectivity index (χ1v) is 6.87. The highest BCUT2D eigenvalue weighted by molar-refractivity contribution is 9.10. The average Bonchev–Trinajstić information content (AvgIpc) is 3.01. The predicted octanol–water partition coefficient (Wildman–Crippen LogP) is 3.23. The van der Waals surface area contributed by atoms with Crippen molar-refractivity contribution in [3.8, 4) is 11.4 Å². The van der Waals surface area contributed by atoms with E-state index in [4.69, 9.17) is 4.52 Å². The Hall–Kier alpha value is -1.20. The molecule has 0 aliphatic carbocycles. The van der Waals surface area contributed by atoms with Gasteiger partial charge >= 0.3 is 0 Å². The maximum Gasteiger partial charge on any atom is 0.244 e. The van der Waals surface area contributed by atoms with Gasteiger partial charge in [-0.25, -0.2) is 0 Å². The molecule has 2 heterocycles. The minimum atomic E-state index is 0.222. The quantitative estimate of drug-likeness (QED) is 0.925. The maximum absolute atomic E-state index is 5.33. The molecule has 0 bridgehead atoms. The standard InChI is InChI=1S/C13H14BrN3O/c1-8-4-5-9(7-10(8)14)12-16-13(18-17-12)11-3-2-6-15-11/h4-5,7,11,15H,2-3,6H2,1H3/t11-/m1/s1. The van der Waals surface area contributed by atoms with E-state index in [1.165, 1.54) is 12.0 Å². The van der Waals surface area contributed by atoms with E-state index in [9.17, 15) is 0 Å². The van der Waals surface area contributed by atoms with Gasteiger partial charge in [0.1, 0.15) is 0 Å². The maximum atomic E-state index is 5.33. The van der Waals surface area contributed by atoms with Gasteiger partial charge in [0.15, 0.2) is 0 Å². The second-order valence-electron chi connectivity index (χ2n) is 4.57. The van der Waals surface area contributed by atoms with Gasteiger partial charge in [-0.05, 0) is 37.9 Å². The van der Waals surface area contributed by atoms with Crippen molar-refractivity contribution in [1.29, 1.82) is 0 Å². The first-order valence-electron chi connectivity index (χ1n) is 6.07. The predicted molar refractivity (Wildman–Crippen MR) is 72.1 cm³/mol. The molecule has 0 amide bonds. The van der Waals surface area contributed by atoms with Crippen molar-refractivity contribution in [3.63, 3.8) is 0 Å². The molecule has 18 heavy (non-hydrogen) atoms. The summed E-state index contributed by atoms with van der Waals surface area (Å²) in [7, 11) is 0. The zero-order valence-electron chi connectivity index (χ0n) is 10.1. The average molecular weight is 308 g/mol. The molecule has 1 saturated heterocycles. The second-order valence-corrected chi connectivity index (χ2v) is 5.42. The Morgan fingerprint density at radius 3 is 3.06 bits per heavy atom. The molecular weight excluding hydrogens is 294 g/mol. The lowest BCUT2D eigenvalue weighted by Crippen LogP contribution is -2.12. The Balaban J connectivity index is 1.89. The van der Waals surface area contributed by atoms with Gasteiger partial charge in [-0.3, -0.25) is 0 Å². The molecule has 0 spiro atoms. The summed E-state index contributed by atoms with van der Waals surface area (Å²) in [5.74, 6) is 1.35. The van der Waals surface area contributed by atoms with Crippen molar-refractivity contribution in [3.05, 3.63) is 34.1 Å². The molecule has 1 fully saturated rings.